The average Bonchev–Trinajstić information content (AvgIpc) is 3.28. The van der Waals surface area contributed by atoms with Gasteiger partial charge in [0, 0.05) is 36.8 Å². The van der Waals surface area contributed by atoms with Crippen LogP contribution in [-0.2, 0) is 13.0 Å². The minimum Gasteiger partial charge on any atom is -0.497 e. The van der Waals surface area contributed by atoms with E-state index in [1.807, 2.05) is 26.0 Å². The normalized spacial score (nSPS) is 11.3. The Labute approximate surface area is 193 Å². The summed E-state index contributed by atoms with van der Waals surface area (Å²) < 4.78 is 16.4. The molecule has 9 heteroatoms. The summed E-state index contributed by atoms with van der Waals surface area (Å²) in [7, 11) is 5.07. The third-order valence-electron chi connectivity index (χ3n) is 4.80. The predicted octanol–water partition coefficient (Wildman–Crippen LogP) is 3.71. The Balaban J connectivity index is 0.00000320. The molecule has 0 atom stereocenters. The van der Waals surface area contributed by atoms with Gasteiger partial charge in [-0.05, 0) is 32.8 Å². The number of halogens is 1. The number of oxazole rings is 1. The molecule has 3 N–H and O–H groups in total. The number of nitrogens with zero attached hydrogens (tertiary/aromatic N) is 2. The Morgan fingerprint density at radius 1 is 1.17 bits per heavy atom. The van der Waals surface area contributed by atoms with E-state index < -0.39 is 0 Å². The van der Waals surface area contributed by atoms with Crippen LogP contribution in [0, 0.1) is 13.8 Å². The number of nitrogens with one attached hydrogen (secondary N) is 3. The van der Waals surface area contributed by atoms with Crippen LogP contribution in [0.4, 0.5) is 0 Å². The van der Waals surface area contributed by atoms with Gasteiger partial charge in [-0.2, -0.15) is 0 Å². The summed E-state index contributed by atoms with van der Waals surface area (Å²) >= 11 is 0. The predicted molar refractivity (Wildman–Crippen MR) is 129 cm³/mol. The van der Waals surface area contributed by atoms with Crippen LogP contribution in [0.5, 0.6) is 11.5 Å². The van der Waals surface area contributed by atoms with Crippen LogP contribution < -0.4 is 20.1 Å². The fourth-order valence-corrected chi connectivity index (χ4v) is 3.14. The molecule has 0 saturated heterocycles. The van der Waals surface area contributed by atoms with Gasteiger partial charge < -0.3 is 29.5 Å². The van der Waals surface area contributed by atoms with Gasteiger partial charge in [-0.25, -0.2) is 4.98 Å². The van der Waals surface area contributed by atoms with Gasteiger partial charge in [-0.1, -0.05) is 0 Å². The molecule has 1 aromatic carbocycles. The maximum atomic E-state index is 5.58. The van der Waals surface area contributed by atoms with Crippen molar-refractivity contribution in [1.82, 2.24) is 20.6 Å². The van der Waals surface area contributed by atoms with E-state index in [0.29, 0.717) is 12.4 Å². The highest BCUT2D eigenvalue weighted by Crippen LogP contribution is 2.31. The van der Waals surface area contributed by atoms with Crippen molar-refractivity contribution in [1.29, 1.82) is 0 Å². The topological polar surface area (TPSA) is 96.7 Å². The SMILES string of the molecule is CN=C(NCCCc1cc2c(OC)cc(OC)cc2[nH]1)NCc1nc(C)c(C)o1.I. The van der Waals surface area contributed by atoms with Crippen molar-refractivity contribution in [3.05, 3.63) is 41.2 Å². The quantitative estimate of drug-likeness (QED) is 0.179. The smallest absolute Gasteiger partial charge is 0.214 e. The zero-order valence-corrected chi connectivity index (χ0v) is 20.4. The summed E-state index contributed by atoms with van der Waals surface area (Å²) in [5.41, 5.74) is 3.08. The monoisotopic (exact) mass is 527 g/mol. The van der Waals surface area contributed by atoms with Gasteiger partial charge in [0.2, 0.25) is 5.89 Å². The number of rotatable bonds is 8. The van der Waals surface area contributed by atoms with Gasteiger partial charge in [-0.15, -0.1) is 24.0 Å². The van der Waals surface area contributed by atoms with Crippen LogP contribution in [-0.4, -0.2) is 43.7 Å². The molecular formula is C21H30IN5O3. The molecule has 0 aliphatic rings. The van der Waals surface area contributed by atoms with Crippen molar-refractivity contribution in [2.24, 2.45) is 4.99 Å². The first-order valence-corrected chi connectivity index (χ1v) is 9.65. The maximum Gasteiger partial charge on any atom is 0.214 e. The molecule has 0 aliphatic heterocycles. The second-order valence-corrected chi connectivity index (χ2v) is 6.79. The van der Waals surface area contributed by atoms with Crippen molar-refractivity contribution in [2.45, 2.75) is 33.2 Å². The maximum absolute atomic E-state index is 5.58. The lowest BCUT2D eigenvalue weighted by molar-refractivity contribution is 0.398. The fraction of sp³-hybridized carbons (Fsp3) is 0.429. The first kappa shape index (κ1) is 23.8. The van der Waals surface area contributed by atoms with Gasteiger partial charge in [0.1, 0.15) is 17.3 Å². The molecule has 30 heavy (non-hydrogen) atoms. The lowest BCUT2D eigenvalue weighted by Gasteiger charge is -2.10. The number of aromatic nitrogens is 2. The average molecular weight is 527 g/mol. The summed E-state index contributed by atoms with van der Waals surface area (Å²) in [6.45, 7) is 5.14. The third kappa shape index (κ3) is 5.80. The Morgan fingerprint density at radius 3 is 2.60 bits per heavy atom. The van der Waals surface area contributed by atoms with Crippen LogP contribution in [0.2, 0.25) is 0 Å². The number of aryl methyl sites for hydroxylation is 3. The molecule has 2 heterocycles. The molecule has 3 rings (SSSR count). The van der Waals surface area contributed by atoms with Gasteiger partial charge in [0.05, 0.1) is 32.0 Å². The first-order chi connectivity index (χ1) is 14.0. The van der Waals surface area contributed by atoms with E-state index >= 15 is 0 Å². The van der Waals surface area contributed by atoms with E-state index in [1.165, 1.54) is 0 Å². The molecule has 0 bridgehead atoms. The number of hydrogen-bond donors (Lipinski definition) is 3. The minimum absolute atomic E-state index is 0. The van der Waals surface area contributed by atoms with E-state index in [2.05, 4.69) is 31.7 Å². The Hall–Kier alpha value is -2.43. The van der Waals surface area contributed by atoms with Gasteiger partial charge >= 0.3 is 0 Å². The molecule has 3 aromatic rings. The van der Waals surface area contributed by atoms with Crippen molar-refractivity contribution in [3.8, 4) is 11.5 Å². The van der Waals surface area contributed by atoms with Gasteiger partial charge in [-0.3, -0.25) is 4.99 Å². The standard InChI is InChI=1S/C21H29N5O3.HI/c1-13-14(2)29-20(25-13)12-24-21(22-3)23-8-6-7-15-9-17-18(26-15)10-16(27-4)11-19(17)28-5;/h9-11,26H,6-8,12H2,1-5H3,(H2,22,23,24);1H. The van der Waals surface area contributed by atoms with E-state index in [-0.39, 0.29) is 24.0 Å². The van der Waals surface area contributed by atoms with Crippen molar-refractivity contribution in [3.63, 3.8) is 0 Å². The number of aliphatic imine (C=N–C) groups is 1. The number of benzene rings is 1. The molecule has 2 aromatic heterocycles. The number of aromatic amines is 1. The highest BCUT2D eigenvalue weighted by Gasteiger charge is 2.10. The summed E-state index contributed by atoms with van der Waals surface area (Å²) in [5.74, 6) is 3.81. The molecule has 0 saturated carbocycles. The van der Waals surface area contributed by atoms with E-state index in [4.69, 9.17) is 13.9 Å². The van der Waals surface area contributed by atoms with Crippen LogP contribution in [0.3, 0.4) is 0 Å². The minimum atomic E-state index is 0. The number of hydrogen-bond acceptors (Lipinski definition) is 5. The molecule has 164 valence electrons. The second-order valence-electron chi connectivity index (χ2n) is 6.79. The third-order valence-corrected chi connectivity index (χ3v) is 4.80. The van der Waals surface area contributed by atoms with Gasteiger partial charge in [0.25, 0.3) is 0 Å². The summed E-state index contributed by atoms with van der Waals surface area (Å²) in [6, 6.07) is 6.01. The van der Waals surface area contributed by atoms with Crippen LogP contribution >= 0.6 is 24.0 Å². The fourth-order valence-electron chi connectivity index (χ4n) is 3.14. The highest BCUT2D eigenvalue weighted by atomic mass is 127. The molecular weight excluding hydrogens is 497 g/mol. The molecule has 0 spiro atoms. The molecule has 0 fully saturated rings. The molecule has 8 nitrogen and oxygen atoms in total. The Bertz CT molecular complexity index is 977. The largest absolute Gasteiger partial charge is 0.497 e. The zero-order chi connectivity index (χ0) is 20.8. The summed E-state index contributed by atoms with van der Waals surface area (Å²) in [6.07, 6.45) is 1.85. The van der Waals surface area contributed by atoms with E-state index in [0.717, 1.165) is 64.9 Å². The van der Waals surface area contributed by atoms with E-state index in [9.17, 15) is 0 Å². The molecule has 0 aliphatic carbocycles. The molecule has 0 radical (unpaired) electrons. The molecule has 0 amide bonds. The number of H-pyrrole nitrogens is 1. The van der Waals surface area contributed by atoms with Crippen LogP contribution in [0.25, 0.3) is 10.9 Å². The Morgan fingerprint density at radius 2 is 1.97 bits per heavy atom. The van der Waals surface area contributed by atoms with Crippen molar-refractivity contribution >= 4 is 40.8 Å². The molecule has 0 unspecified atom stereocenters. The van der Waals surface area contributed by atoms with Crippen molar-refractivity contribution < 1.29 is 13.9 Å². The van der Waals surface area contributed by atoms with Crippen LogP contribution in [0.15, 0.2) is 27.6 Å². The van der Waals surface area contributed by atoms with Crippen molar-refractivity contribution in [2.75, 3.05) is 27.8 Å². The van der Waals surface area contributed by atoms with E-state index in [1.54, 1.807) is 21.3 Å². The number of guanidine groups is 1. The lowest BCUT2D eigenvalue weighted by atomic mass is 10.2. The first-order valence-electron chi connectivity index (χ1n) is 9.65. The summed E-state index contributed by atoms with van der Waals surface area (Å²) in [5, 5.41) is 7.60. The zero-order valence-electron chi connectivity index (χ0n) is 18.1. The van der Waals surface area contributed by atoms with Gasteiger partial charge in [0.15, 0.2) is 5.96 Å². The second kappa shape index (κ2) is 11.1. The lowest BCUT2D eigenvalue weighted by Crippen LogP contribution is -2.37. The highest BCUT2D eigenvalue weighted by molar-refractivity contribution is 14.0. The number of methoxy groups -OCH3 is 2. The van der Waals surface area contributed by atoms with Crippen LogP contribution in [0.1, 0.15) is 29.5 Å². The summed E-state index contributed by atoms with van der Waals surface area (Å²) in [4.78, 5) is 12.1. The number of ether oxygens (including phenoxy) is 2. The Kier molecular flexibility index (Phi) is 8.82. The number of fused-ring (bicyclic) bond motifs is 1.